The van der Waals surface area contributed by atoms with E-state index in [9.17, 15) is 4.79 Å². The molecule has 0 aromatic heterocycles. The maximum absolute atomic E-state index is 10.9. The highest BCUT2D eigenvalue weighted by molar-refractivity contribution is 5.98. The van der Waals surface area contributed by atoms with Crippen LogP contribution in [0.4, 0.5) is 4.79 Å². The SMILES string of the molecule is C/C(=N/NC(N)=O)C1=CC[C@@]2(C)[C@@H](CC[C@H]3C4=C(CC[C@@H]32)C(C)(C)CC4)C1. The third kappa shape index (κ3) is 3.05. The van der Waals surface area contributed by atoms with Crippen LogP contribution < -0.4 is 11.2 Å². The Morgan fingerprint density at radius 1 is 1.22 bits per heavy atom. The summed E-state index contributed by atoms with van der Waals surface area (Å²) >= 11 is 0. The molecule has 0 aromatic carbocycles. The number of nitrogens with zero attached hydrogens (tertiary/aromatic N) is 1. The number of primary amides is 1. The van der Waals surface area contributed by atoms with Crippen molar-refractivity contribution in [2.45, 2.75) is 79.1 Å². The topological polar surface area (TPSA) is 67.5 Å². The van der Waals surface area contributed by atoms with Gasteiger partial charge in [0.15, 0.2) is 0 Å². The van der Waals surface area contributed by atoms with E-state index in [4.69, 9.17) is 5.73 Å². The predicted octanol–water partition coefficient (Wildman–Crippen LogP) is 5.31. The Kier molecular flexibility index (Phi) is 4.51. The highest BCUT2D eigenvalue weighted by atomic mass is 16.2. The lowest BCUT2D eigenvalue weighted by Gasteiger charge is -2.55. The van der Waals surface area contributed by atoms with E-state index in [1.807, 2.05) is 18.1 Å². The highest BCUT2D eigenvalue weighted by Crippen LogP contribution is 2.63. The summed E-state index contributed by atoms with van der Waals surface area (Å²) in [4.78, 5) is 10.9. The lowest BCUT2D eigenvalue weighted by molar-refractivity contribution is -0.00481. The summed E-state index contributed by atoms with van der Waals surface area (Å²) in [5.41, 5.74) is 14.3. The molecule has 4 nitrogen and oxygen atoms in total. The Morgan fingerprint density at radius 3 is 2.74 bits per heavy atom. The molecular weight excluding hydrogens is 334 g/mol. The van der Waals surface area contributed by atoms with Crippen LogP contribution in [-0.2, 0) is 0 Å². The summed E-state index contributed by atoms with van der Waals surface area (Å²) in [6.07, 6.45) is 12.7. The molecule has 4 atom stereocenters. The molecule has 0 spiro atoms. The van der Waals surface area contributed by atoms with E-state index in [1.165, 1.54) is 44.1 Å². The van der Waals surface area contributed by atoms with Crippen LogP contribution in [0.2, 0.25) is 0 Å². The second-order valence-corrected chi connectivity index (χ2v) is 10.2. The smallest absolute Gasteiger partial charge is 0.332 e. The minimum absolute atomic E-state index is 0.412. The first-order chi connectivity index (χ1) is 12.7. The molecule has 3 N–H and O–H groups in total. The van der Waals surface area contributed by atoms with Gasteiger partial charge in [-0.3, -0.25) is 0 Å². The zero-order valence-corrected chi connectivity index (χ0v) is 17.4. The molecule has 0 aromatic rings. The molecule has 0 unspecified atom stereocenters. The van der Waals surface area contributed by atoms with Crippen LogP contribution in [0.1, 0.15) is 79.1 Å². The van der Waals surface area contributed by atoms with Gasteiger partial charge in [0.1, 0.15) is 0 Å². The van der Waals surface area contributed by atoms with Gasteiger partial charge in [-0.05, 0) is 92.4 Å². The van der Waals surface area contributed by atoms with Gasteiger partial charge in [0.05, 0.1) is 5.71 Å². The summed E-state index contributed by atoms with van der Waals surface area (Å²) < 4.78 is 0. The Morgan fingerprint density at radius 2 is 2.00 bits per heavy atom. The lowest BCUT2D eigenvalue weighted by Crippen LogP contribution is -2.47. The van der Waals surface area contributed by atoms with Crippen molar-refractivity contribution in [3.05, 3.63) is 22.8 Å². The molecule has 0 radical (unpaired) electrons. The molecule has 0 heterocycles. The van der Waals surface area contributed by atoms with Gasteiger partial charge in [0, 0.05) is 0 Å². The molecule has 27 heavy (non-hydrogen) atoms. The zero-order chi connectivity index (χ0) is 19.4. The second-order valence-electron chi connectivity index (χ2n) is 10.2. The fourth-order valence-electron chi connectivity index (χ4n) is 6.86. The third-order valence-electron chi connectivity index (χ3n) is 8.52. The van der Waals surface area contributed by atoms with Gasteiger partial charge in [-0.25, -0.2) is 10.2 Å². The largest absolute Gasteiger partial charge is 0.350 e. The van der Waals surface area contributed by atoms with Crippen LogP contribution in [-0.4, -0.2) is 11.7 Å². The van der Waals surface area contributed by atoms with Crippen molar-refractivity contribution >= 4 is 11.7 Å². The number of carbonyl (C=O) groups is 1. The van der Waals surface area contributed by atoms with Crippen molar-refractivity contribution in [1.82, 2.24) is 5.43 Å². The lowest BCUT2D eigenvalue weighted by atomic mass is 9.49. The van der Waals surface area contributed by atoms with Gasteiger partial charge in [0.2, 0.25) is 0 Å². The van der Waals surface area contributed by atoms with Crippen molar-refractivity contribution in [2.24, 2.45) is 39.4 Å². The molecule has 1 saturated carbocycles. The number of fused-ring (bicyclic) bond motifs is 4. The molecule has 4 aliphatic carbocycles. The van der Waals surface area contributed by atoms with Gasteiger partial charge in [-0.2, -0.15) is 5.10 Å². The van der Waals surface area contributed by atoms with Crippen LogP contribution in [0.15, 0.2) is 27.9 Å². The number of hydrogen-bond donors (Lipinski definition) is 2. The number of nitrogens with two attached hydrogens (primary N) is 1. The molecule has 0 bridgehead atoms. The van der Waals surface area contributed by atoms with Crippen LogP contribution >= 0.6 is 0 Å². The summed E-state index contributed by atoms with van der Waals surface area (Å²) in [5.74, 6) is 2.40. The molecule has 4 heteroatoms. The highest BCUT2D eigenvalue weighted by Gasteiger charge is 2.53. The first-order valence-corrected chi connectivity index (χ1v) is 10.7. The number of hydrogen-bond acceptors (Lipinski definition) is 2. The van der Waals surface area contributed by atoms with E-state index in [2.05, 4.69) is 37.4 Å². The Labute approximate surface area is 163 Å². The van der Waals surface area contributed by atoms with E-state index in [0.29, 0.717) is 10.8 Å². The second kappa shape index (κ2) is 6.49. The summed E-state index contributed by atoms with van der Waals surface area (Å²) in [6, 6.07) is -0.595. The third-order valence-corrected chi connectivity index (χ3v) is 8.52. The van der Waals surface area contributed by atoms with Crippen molar-refractivity contribution in [3.63, 3.8) is 0 Å². The van der Waals surface area contributed by atoms with Gasteiger partial charge >= 0.3 is 6.03 Å². The van der Waals surface area contributed by atoms with Gasteiger partial charge < -0.3 is 5.73 Å². The summed E-state index contributed by atoms with van der Waals surface area (Å²) in [5, 5.41) is 4.17. The molecule has 4 rings (SSSR count). The van der Waals surface area contributed by atoms with E-state index < -0.39 is 6.03 Å². The number of amides is 2. The summed E-state index contributed by atoms with van der Waals surface area (Å²) in [7, 11) is 0. The van der Waals surface area contributed by atoms with Gasteiger partial charge in [-0.1, -0.05) is 38.0 Å². The average Bonchev–Trinajstić information content (AvgIpc) is 2.94. The Bertz CT molecular complexity index is 745. The average molecular weight is 370 g/mol. The quantitative estimate of drug-likeness (QED) is 0.386. The van der Waals surface area contributed by atoms with E-state index in [1.54, 1.807) is 0 Å². The van der Waals surface area contributed by atoms with E-state index in [0.717, 1.165) is 36.3 Å². The van der Waals surface area contributed by atoms with Crippen molar-refractivity contribution < 1.29 is 4.79 Å². The monoisotopic (exact) mass is 369 g/mol. The molecule has 0 aliphatic heterocycles. The zero-order valence-electron chi connectivity index (χ0n) is 17.4. The van der Waals surface area contributed by atoms with Crippen LogP contribution in [0.3, 0.4) is 0 Å². The van der Waals surface area contributed by atoms with E-state index in [-0.39, 0.29) is 0 Å². The maximum Gasteiger partial charge on any atom is 0.332 e. The number of hydrazone groups is 1. The molecule has 0 saturated heterocycles. The van der Waals surface area contributed by atoms with Crippen LogP contribution in [0.25, 0.3) is 0 Å². The van der Waals surface area contributed by atoms with Crippen molar-refractivity contribution in [2.75, 3.05) is 0 Å². The maximum atomic E-state index is 10.9. The molecule has 4 aliphatic rings. The van der Waals surface area contributed by atoms with Gasteiger partial charge in [0.25, 0.3) is 0 Å². The first-order valence-electron chi connectivity index (χ1n) is 10.7. The Balaban J connectivity index is 1.57. The standard InChI is InChI=1S/C23H35N3O/c1-14(25-26-21(24)27)15-9-12-23(4)16(13-15)5-6-17-18-10-11-22(2,3)19(18)7-8-20(17)23/h9,16-17,20H,5-8,10-13H2,1-4H3,(H3,24,26,27)/b25-14-/t16-,17-,20-,23-/m0/s1. The molecular formula is C23H35N3O. The minimum Gasteiger partial charge on any atom is -0.350 e. The molecule has 1 fully saturated rings. The van der Waals surface area contributed by atoms with Crippen molar-refractivity contribution in [1.29, 1.82) is 0 Å². The van der Waals surface area contributed by atoms with Gasteiger partial charge in [-0.15, -0.1) is 0 Å². The number of urea groups is 1. The molecule has 2 amide bonds. The first kappa shape index (κ1) is 18.8. The summed E-state index contributed by atoms with van der Waals surface area (Å²) in [6.45, 7) is 9.46. The molecule has 148 valence electrons. The number of carbonyl (C=O) groups excluding carboxylic acids is 1. The van der Waals surface area contributed by atoms with Crippen LogP contribution in [0.5, 0.6) is 0 Å². The fraction of sp³-hybridized carbons (Fsp3) is 0.739. The van der Waals surface area contributed by atoms with Crippen molar-refractivity contribution in [3.8, 4) is 0 Å². The predicted molar refractivity (Wildman–Crippen MR) is 110 cm³/mol. The van der Waals surface area contributed by atoms with Crippen LogP contribution in [0, 0.1) is 28.6 Å². The number of nitrogens with one attached hydrogen (secondary N) is 1. The van der Waals surface area contributed by atoms with E-state index >= 15 is 0 Å². The Hall–Kier alpha value is -1.58. The number of allylic oxidation sites excluding steroid dienone is 4. The fourth-order valence-corrected chi connectivity index (χ4v) is 6.86. The minimum atomic E-state index is -0.595. The normalized spacial score (nSPS) is 37.9. The number of rotatable bonds is 2.